The molecule has 0 spiro atoms. The number of nitrogens with zero attached hydrogens (tertiary/aromatic N) is 5. The summed E-state index contributed by atoms with van der Waals surface area (Å²) in [6, 6.07) is 3.64. The standard InChI is InChI=1S/C14H13BrN6OS/c1-14(2,3)10-8(15)9(16-17-10)12-20-21-11(7-5-4-6-22-7)18-19-13(21)23-12/h4-6H,1-3H3,(H,16,17). The molecule has 4 aromatic rings. The van der Waals surface area contributed by atoms with E-state index in [-0.39, 0.29) is 5.41 Å². The van der Waals surface area contributed by atoms with Crippen molar-refractivity contribution in [1.29, 1.82) is 0 Å². The lowest BCUT2D eigenvalue weighted by Crippen LogP contribution is -2.12. The van der Waals surface area contributed by atoms with Crippen molar-refractivity contribution < 1.29 is 4.42 Å². The Labute approximate surface area is 143 Å². The summed E-state index contributed by atoms with van der Waals surface area (Å²) in [7, 11) is 0. The molecule has 23 heavy (non-hydrogen) atoms. The summed E-state index contributed by atoms with van der Waals surface area (Å²) >= 11 is 5.07. The van der Waals surface area contributed by atoms with Crippen LogP contribution in [0.15, 0.2) is 27.3 Å². The molecule has 4 heterocycles. The lowest BCUT2D eigenvalue weighted by atomic mass is 9.92. The van der Waals surface area contributed by atoms with Crippen molar-refractivity contribution in [2.45, 2.75) is 26.2 Å². The summed E-state index contributed by atoms with van der Waals surface area (Å²) in [6.07, 6.45) is 1.60. The average molecular weight is 393 g/mol. The Bertz CT molecular complexity index is 975. The van der Waals surface area contributed by atoms with E-state index in [4.69, 9.17) is 4.42 Å². The predicted octanol–water partition coefficient (Wildman–Crippen LogP) is 3.90. The topological polar surface area (TPSA) is 84.9 Å². The third-order valence-electron chi connectivity index (χ3n) is 3.39. The van der Waals surface area contributed by atoms with Crippen molar-refractivity contribution in [1.82, 2.24) is 30.0 Å². The monoisotopic (exact) mass is 392 g/mol. The molecule has 0 saturated heterocycles. The molecular formula is C14H13BrN6OS. The average Bonchev–Trinajstić information content (AvgIpc) is 3.19. The number of hydrogen-bond donors (Lipinski definition) is 1. The third kappa shape index (κ3) is 2.31. The van der Waals surface area contributed by atoms with Gasteiger partial charge in [-0.2, -0.15) is 14.7 Å². The molecule has 0 atom stereocenters. The van der Waals surface area contributed by atoms with Crippen LogP contribution in [-0.4, -0.2) is 30.0 Å². The molecule has 0 radical (unpaired) electrons. The Kier molecular flexibility index (Phi) is 3.17. The highest BCUT2D eigenvalue weighted by Gasteiger charge is 2.25. The van der Waals surface area contributed by atoms with Crippen LogP contribution in [0.25, 0.3) is 27.2 Å². The number of hydrogen-bond acceptors (Lipinski definition) is 6. The lowest BCUT2D eigenvalue weighted by Gasteiger charge is -2.16. The number of aromatic nitrogens is 6. The molecule has 9 heteroatoms. The van der Waals surface area contributed by atoms with Crippen LogP contribution in [0, 0.1) is 0 Å². The number of H-pyrrole nitrogens is 1. The van der Waals surface area contributed by atoms with Crippen molar-refractivity contribution in [3.05, 3.63) is 28.6 Å². The van der Waals surface area contributed by atoms with Crippen LogP contribution in [0.4, 0.5) is 0 Å². The highest BCUT2D eigenvalue weighted by atomic mass is 79.9. The maximum Gasteiger partial charge on any atom is 0.235 e. The van der Waals surface area contributed by atoms with E-state index in [9.17, 15) is 0 Å². The van der Waals surface area contributed by atoms with E-state index in [1.165, 1.54) is 11.3 Å². The summed E-state index contributed by atoms with van der Waals surface area (Å²) in [5, 5.41) is 21.2. The summed E-state index contributed by atoms with van der Waals surface area (Å²) in [6.45, 7) is 6.38. The Morgan fingerprint density at radius 2 is 2.13 bits per heavy atom. The normalized spacial score (nSPS) is 12.3. The van der Waals surface area contributed by atoms with Crippen molar-refractivity contribution in [2.75, 3.05) is 0 Å². The number of furan rings is 1. The van der Waals surface area contributed by atoms with Gasteiger partial charge in [0, 0.05) is 5.41 Å². The van der Waals surface area contributed by atoms with Gasteiger partial charge in [-0.25, -0.2) is 0 Å². The molecule has 0 fully saturated rings. The minimum absolute atomic E-state index is 0.0393. The smallest absolute Gasteiger partial charge is 0.235 e. The number of halogens is 1. The zero-order valence-corrected chi connectivity index (χ0v) is 15.1. The first-order valence-electron chi connectivity index (χ1n) is 6.96. The molecule has 1 N–H and O–H groups in total. The molecule has 0 unspecified atom stereocenters. The molecule has 0 aliphatic carbocycles. The van der Waals surface area contributed by atoms with E-state index in [1.807, 2.05) is 12.1 Å². The summed E-state index contributed by atoms with van der Waals surface area (Å²) < 4.78 is 7.99. The van der Waals surface area contributed by atoms with E-state index in [1.54, 1.807) is 10.8 Å². The van der Waals surface area contributed by atoms with Gasteiger partial charge in [0.1, 0.15) is 5.69 Å². The maximum absolute atomic E-state index is 5.38. The van der Waals surface area contributed by atoms with Crippen molar-refractivity contribution >= 4 is 32.2 Å². The minimum Gasteiger partial charge on any atom is -0.461 e. The molecule has 0 aromatic carbocycles. The van der Waals surface area contributed by atoms with Gasteiger partial charge in [-0.05, 0) is 28.1 Å². The Hall–Kier alpha value is -2.00. The van der Waals surface area contributed by atoms with Crippen molar-refractivity contribution in [2.24, 2.45) is 0 Å². The second kappa shape index (κ2) is 5.00. The molecule has 0 saturated carbocycles. The Balaban J connectivity index is 1.84. The molecule has 0 bridgehead atoms. The fourth-order valence-electron chi connectivity index (χ4n) is 2.24. The van der Waals surface area contributed by atoms with E-state index < -0.39 is 0 Å². The van der Waals surface area contributed by atoms with Gasteiger partial charge in [0.05, 0.1) is 16.4 Å². The first-order valence-corrected chi connectivity index (χ1v) is 8.57. The molecule has 0 amide bonds. The minimum atomic E-state index is -0.0393. The predicted molar refractivity (Wildman–Crippen MR) is 90.3 cm³/mol. The maximum atomic E-state index is 5.38. The first-order chi connectivity index (χ1) is 10.9. The van der Waals surface area contributed by atoms with Gasteiger partial charge in [0.2, 0.25) is 10.8 Å². The number of aromatic amines is 1. The van der Waals surface area contributed by atoms with Gasteiger partial charge in [0.25, 0.3) is 0 Å². The first kappa shape index (κ1) is 14.6. The van der Waals surface area contributed by atoms with E-state index in [0.29, 0.717) is 16.5 Å². The molecule has 0 aliphatic heterocycles. The van der Waals surface area contributed by atoms with Crippen LogP contribution in [0.5, 0.6) is 0 Å². The molecular weight excluding hydrogens is 380 g/mol. The zero-order valence-electron chi connectivity index (χ0n) is 12.7. The van der Waals surface area contributed by atoms with Gasteiger partial charge in [-0.3, -0.25) is 5.10 Å². The van der Waals surface area contributed by atoms with Crippen LogP contribution < -0.4 is 0 Å². The van der Waals surface area contributed by atoms with Crippen LogP contribution in [-0.2, 0) is 5.41 Å². The quantitative estimate of drug-likeness (QED) is 0.559. The highest BCUT2D eigenvalue weighted by molar-refractivity contribution is 9.10. The second-order valence-electron chi connectivity index (χ2n) is 6.11. The summed E-state index contributed by atoms with van der Waals surface area (Å²) in [5.74, 6) is 1.21. The molecule has 0 aliphatic rings. The Morgan fingerprint density at radius 1 is 1.30 bits per heavy atom. The van der Waals surface area contributed by atoms with Crippen LogP contribution >= 0.6 is 27.3 Å². The van der Waals surface area contributed by atoms with Gasteiger partial charge in [-0.15, -0.1) is 10.2 Å². The van der Waals surface area contributed by atoms with Crippen molar-refractivity contribution in [3.63, 3.8) is 0 Å². The zero-order chi connectivity index (χ0) is 16.2. The molecule has 4 rings (SSSR count). The van der Waals surface area contributed by atoms with Gasteiger partial charge in [0.15, 0.2) is 10.8 Å². The SMILES string of the molecule is CC(C)(C)c1[nH]nc(-c2nn3c(-c4ccco4)nnc3s2)c1Br. The number of fused-ring (bicyclic) bond motifs is 1. The van der Waals surface area contributed by atoms with Gasteiger partial charge >= 0.3 is 0 Å². The highest BCUT2D eigenvalue weighted by Crippen LogP contribution is 2.37. The van der Waals surface area contributed by atoms with Crippen LogP contribution in [0.1, 0.15) is 26.5 Å². The van der Waals surface area contributed by atoms with E-state index >= 15 is 0 Å². The molecule has 4 aromatic heterocycles. The third-order valence-corrected chi connectivity index (χ3v) is 5.07. The number of nitrogens with one attached hydrogen (secondary N) is 1. The summed E-state index contributed by atoms with van der Waals surface area (Å²) in [5.41, 5.74) is 1.77. The number of rotatable bonds is 2. The lowest BCUT2D eigenvalue weighted by molar-refractivity contribution is 0.564. The van der Waals surface area contributed by atoms with Crippen LogP contribution in [0.2, 0.25) is 0 Å². The molecule has 118 valence electrons. The van der Waals surface area contributed by atoms with E-state index in [2.05, 4.69) is 62.2 Å². The van der Waals surface area contributed by atoms with Crippen LogP contribution in [0.3, 0.4) is 0 Å². The van der Waals surface area contributed by atoms with E-state index in [0.717, 1.165) is 20.9 Å². The second-order valence-corrected chi connectivity index (χ2v) is 7.86. The fourth-order valence-corrected chi connectivity index (χ4v) is 4.17. The molecule has 7 nitrogen and oxygen atoms in total. The Morgan fingerprint density at radius 3 is 2.78 bits per heavy atom. The van der Waals surface area contributed by atoms with Gasteiger partial charge in [-0.1, -0.05) is 32.1 Å². The fraction of sp³-hybridized carbons (Fsp3) is 0.286. The van der Waals surface area contributed by atoms with Gasteiger partial charge < -0.3 is 4.42 Å². The largest absolute Gasteiger partial charge is 0.461 e. The van der Waals surface area contributed by atoms with Crippen molar-refractivity contribution in [3.8, 4) is 22.3 Å². The summed E-state index contributed by atoms with van der Waals surface area (Å²) in [4.78, 5) is 0.693.